The molecule has 8 heteroatoms. The molecule has 0 aliphatic heterocycles. The predicted octanol–water partition coefficient (Wildman–Crippen LogP) is 6.11. The summed E-state index contributed by atoms with van der Waals surface area (Å²) in [5.41, 5.74) is 0.891. The molecule has 4 aromatic rings. The van der Waals surface area contributed by atoms with Gasteiger partial charge < -0.3 is 10.1 Å². The zero-order chi connectivity index (χ0) is 19.2. The molecule has 0 bridgehead atoms. The highest BCUT2D eigenvalue weighted by atomic mass is 32.2. The number of hydrogen-bond acceptors (Lipinski definition) is 8. The van der Waals surface area contributed by atoms with Crippen molar-refractivity contribution in [3.63, 3.8) is 0 Å². The van der Waals surface area contributed by atoms with E-state index in [-0.39, 0.29) is 5.78 Å². The average molecular weight is 426 g/mol. The van der Waals surface area contributed by atoms with Crippen molar-refractivity contribution in [1.29, 1.82) is 0 Å². The van der Waals surface area contributed by atoms with Crippen molar-refractivity contribution in [2.75, 3.05) is 11.1 Å². The van der Waals surface area contributed by atoms with E-state index in [9.17, 15) is 4.79 Å². The highest BCUT2D eigenvalue weighted by Gasteiger charge is 2.11. The largest absolute Gasteiger partial charge is 0.457 e. The van der Waals surface area contributed by atoms with Crippen molar-refractivity contribution in [2.24, 2.45) is 0 Å². The number of Topliss-reactive ketones (excluding diaryl/α,β-unsaturated/α-hetero) is 1. The van der Waals surface area contributed by atoms with E-state index >= 15 is 0 Å². The van der Waals surface area contributed by atoms with Crippen LogP contribution in [0.2, 0.25) is 0 Å². The summed E-state index contributed by atoms with van der Waals surface area (Å²) in [6.07, 6.45) is 0. The van der Waals surface area contributed by atoms with E-state index in [1.54, 1.807) is 0 Å². The number of nitrogens with zero attached hydrogens (tertiary/aromatic N) is 2. The van der Waals surface area contributed by atoms with Crippen LogP contribution in [0.4, 0.5) is 10.8 Å². The van der Waals surface area contributed by atoms with Gasteiger partial charge in [-0.1, -0.05) is 47.4 Å². The van der Waals surface area contributed by atoms with Gasteiger partial charge in [-0.2, -0.15) is 0 Å². The molecule has 0 saturated heterocycles. The fourth-order valence-electron chi connectivity index (χ4n) is 2.31. The molecular formula is C20H15N3O2S3. The summed E-state index contributed by atoms with van der Waals surface area (Å²) in [5, 5.41) is 14.1. The Morgan fingerprint density at radius 2 is 1.75 bits per heavy atom. The molecular weight excluding hydrogens is 410 g/mol. The SMILES string of the molecule is O=C(CSc1nnc(Nc2ccc(Oc3ccccc3)cc2)s1)c1cccs1. The molecule has 5 nitrogen and oxygen atoms in total. The number of anilines is 2. The highest BCUT2D eigenvalue weighted by Crippen LogP contribution is 2.29. The monoisotopic (exact) mass is 425 g/mol. The van der Waals surface area contributed by atoms with Crippen molar-refractivity contribution < 1.29 is 9.53 Å². The van der Waals surface area contributed by atoms with Gasteiger partial charge in [0.1, 0.15) is 11.5 Å². The van der Waals surface area contributed by atoms with E-state index in [2.05, 4.69) is 15.5 Å². The van der Waals surface area contributed by atoms with Crippen molar-refractivity contribution in [1.82, 2.24) is 10.2 Å². The number of thioether (sulfide) groups is 1. The summed E-state index contributed by atoms with van der Waals surface area (Å²) in [7, 11) is 0. The normalized spacial score (nSPS) is 10.6. The van der Waals surface area contributed by atoms with E-state index in [4.69, 9.17) is 4.74 Å². The van der Waals surface area contributed by atoms with Gasteiger partial charge in [-0.25, -0.2) is 0 Å². The van der Waals surface area contributed by atoms with Crippen LogP contribution in [0.15, 0.2) is 76.4 Å². The van der Waals surface area contributed by atoms with Crippen LogP contribution in [0.25, 0.3) is 0 Å². The molecule has 0 amide bonds. The minimum atomic E-state index is 0.110. The van der Waals surface area contributed by atoms with Crippen LogP contribution < -0.4 is 10.1 Å². The number of rotatable bonds is 8. The van der Waals surface area contributed by atoms with Gasteiger partial charge >= 0.3 is 0 Å². The number of ketones is 1. The smallest absolute Gasteiger partial charge is 0.210 e. The maximum absolute atomic E-state index is 12.1. The Morgan fingerprint density at radius 1 is 0.964 bits per heavy atom. The Kier molecular flexibility index (Phi) is 6.01. The van der Waals surface area contributed by atoms with E-state index in [0.717, 1.165) is 26.4 Å². The second kappa shape index (κ2) is 9.01. The van der Waals surface area contributed by atoms with Gasteiger partial charge in [-0.3, -0.25) is 4.79 Å². The summed E-state index contributed by atoms with van der Waals surface area (Å²) in [6, 6.07) is 21.0. The molecule has 2 heterocycles. The van der Waals surface area contributed by atoms with Crippen LogP contribution in [0, 0.1) is 0 Å². The second-order valence-corrected chi connectivity index (χ2v) is 8.77. The van der Waals surface area contributed by atoms with Crippen LogP contribution in [0.5, 0.6) is 11.5 Å². The molecule has 0 saturated carbocycles. The van der Waals surface area contributed by atoms with E-state index in [1.165, 1.54) is 34.4 Å². The Balaban J connectivity index is 1.31. The molecule has 140 valence electrons. The number of aromatic nitrogens is 2. The first kappa shape index (κ1) is 18.7. The van der Waals surface area contributed by atoms with Crippen LogP contribution >= 0.6 is 34.4 Å². The molecule has 0 aliphatic rings. The molecule has 0 spiro atoms. The number of thiophene rings is 1. The number of nitrogens with one attached hydrogen (secondary N) is 1. The molecule has 0 aliphatic carbocycles. The summed E-state index contributed by atoms with van der Waals surface area (Å²) in [4.78, 5) is 12.8. The zero-order valence-corrected chi connectivity index (χ0v) is 17.0. The van der Waals surface area contributed by atoms with E-state index in [0.29, 0.717) is 10.9 Å². The minimum Gasteiger partial charge on any atom is -0.457 e. The maximum atomic E-state index is 12.1. The van der Waals surface area contributed by atoms with Gasteiger partial charge in [0.15, 0.2) is 10.1 Å². The zero-order valence-electron chi connectivity index (χ0n) is 14.6. The van der Waals surface area contributed by atoms with Crippen LogP contribution in [0.3, 0.4) is 0 Å². The Bertz CT molecular complexity index is 1030. The molecule has 28 heavy (non-hydrogen) atoms. The van der Waals surface area contributed by atoms with Gasteiger partial charge in [0.25, 0.3) is 0 Å². The third kappa shape index (κ3) is 4.98. The number of carbonyl (C=O) groups is 1. The number of benzene rings is 2. The topological polar surface area (TPSA) is 64.1 Å². The van der Waals surface area contributed by atoms with Crippen LogP contribution in [-0.2, 0) is 0 Å². The molecule has 0 atom stereocenters. The van der Waals surface area contributed by atoms with Crippen molar-refractivity contribution in [2.45, 2.75) is 4.34 Å². The van der Waals surface area contributed by atoms with Gasteiger partial charge in [0.2, 0.25) is 5.13 Å². The van der Waals surface area contributed by atoms with Crippen molar-refractivity contribution in [3.05, 3.63) is 77.0 Å². The van der Waals surface area contributed by atoms with Crippen molar-refractivity contribution >= 4 is 51.0 Å². The minimum absolute atomic E-state index is 0.110. The van der Waals surface area contributed by atoms with Gasteiger partial charge in [0, 0.05) is 5.69 Å². The fourth-order valence-corrected chi connectivity index (χ4v) is 4.72. The molecule has 2 aromatic heterocycles. The van der Waals surface area contributed by atoms with Crippen LogP contribution in [0.1, 0.15) is 9.67 Å². The van der Waals surface area contributed by atoms with Crippen LogP contribution in [-0.4, -0.2) is 21.7 Å². The lowest BCUT2D eigenvalue weighted by atomic mass is 10.3. The highest BCUT2D eigenvalue weighted by molar-refractivity contribution is 8.01. The summed E-state index contributed by atoms with van der Waals surface area (Å²) < 4.78 is 6.55. The number of carbonyl (C=O) groups excluding carboxylic acids is 1. The first-order valence-corrected chi connectivity index (χ1v) is 11.1. The summed E-state index contributed by atoms with van der Waals surface area (Å²) >= 11 is 4.28. The summed E-state index contributed by atoms with van der Waals surface area (Å²) in [5.74, 6) is 2.03. The Labute approximate surface area is 174 Å². The summed E-state index contributed by atoms with van der Waals surface area (Å²) in [6.45, 7) is 0. The number of hydrogen-bond donors (Lipinski definition) is 1. The fraction of sp³-hybridized carbons (Fsp3) is 0.0500. The number of para-hydroxylation sites is 1. The Morgan fingerprint density at radius 3 is 2.50 bits per heavy atom. The third-order valence-corrected chi connectivity index (χ3v) is 6.50. The predicted molar refractivity (Wildman–Crippen MR) is 116 cm³/mol. The lowest BCUT2D eigenvalue weighted by Gasteiger charge is -2.06. The first-order chi connectivity index (χ1) is 13.8. The molecule has 4 rings (SSSR count). The second-order valence-electron chi connectivity index (χ2n) is 5.63. The Hall–Kier alpha value is -2.68. The van der Waals surface area contributed by atoms with E-state index in [1.807, 2.05) is 72.1 Å². The lowest BCUT2D eigenvalue weighted by molar-refractivity contribution is 0.102. The maximum Gasteiger partial charge on any atom is 0.210 e. The molecule has 1 N–H and O–H groups in total. The van der Waals surface area contributed by atoms with E-state index < -0.39 is 0 Å². The molecule has 0 unspecified atom stereocenters. The molecule has 0 fully saturated rings. The third-order valence-electron chi connectivity index (χ3n) is 3.61. The molecule has 0 radical (unpaired) electrons. The first-order valence-electron chi connectivity index (χ1n) is 8.39. The van der Waals surface area contributed by atoms with Crippen molar-refractivity contribution in [3.8, 4) is 11.5 Å². The van der Waals surface area contributed by atoms with Gasteiger partial charge in [-0.05, 0) is 47.8 Å². The quantitative estimate of drug-likeness (QED) is 0.271. The number of ether oxygens (including phenoxy) is 1. The lowest BCUT2D eigenvalue weighted by Crippen LogP contribution is -1.98. The van der Waals surface area contributed by atoms with Gasteiger partial charge in [-0.15, -0.1) is 21.5 Å². The standard InChI is InChI=1S/C20H15N3O2S3/c24-17(18-7-4-12-26-18)13-27-20-23-22-19(28-20)21-14-8-10-16(11-9-14)25-15-5-2-1-3-6-15/h1-12H,13H2,(H,21,22). The average Bonchev–Trinajstić information content (AvgIpc) is 3.41. The molecule has 2 aromatic carbocycles. The van der Waals surface area contributed by atoms with Gasteiger partial charge in [0.05, 0.1) is 10.6 Å².